The largest absolute Gasteiger partial charge is 0.494 e. The number of hydrogen-bond acceptors (Lipinski definition) is 4. The van der Waals surface area contributed by atoms with Gasteiger partial charge in [-0.2, -0.15) is 10.5 Å². The van der Waals surface area contributed by atoms with Crippen molar-refractivity contribution in [2.45, 2.75) is 25.8 Å². The van der Waals surface area contributed by atoms with E-state index in [-0.39, 0.29) is 6.04 Å². The van der Waals surface area contributed by atoms with Crippen molar-refractivity contribution < 1.29 is 4.74 Å². The van der Waals surface area contributed by atoms with Crippen LogP contribution in [-0.2, 0) is 0 Å². The second kappa shape index (κ2) is 8.13. The highest BCUT2D eigenvalue weighted by molar-refractivity contribution is 5.36. The summed E-state index contributed by atoms with van der Waals surface area (Å²) < 4.78 is 5.60. The highest BCUT2D eigenvalue weighted by Gasteiger charge is 2.07. The molecule has 0 saturated heterocycles. The lowest BCUT2D eigenvalue weighted by Gasteiger charge is -2.22. The Hall–Kier alpha value is -2.04. The van der Waals surface area contributed by atoms with Gasteiger partial charge in [-0.15, -0.1) is 0 Å². The standard InChI is InChI=1S/C15H19N3O/c1-13(7-8-16)18(2)9-4-10-19-15-6-3-5-14(11-15)12-17/h3,5-6,11,13H,4,7,9-10H2,1-2H3. The summed E-state index contributed by atoms with van der Waals surface area (Å²) in [5.74, 6) is 0.728. The minimum absolute atomic E-state index is 0.270. The van der Waals surface area contributed by atoms with Crippen molar-refractivity contribution in [3.8, 4) is 17.9 Å². The fraction of sp³-hybridized carbons (Fsp3) is 0.467. The van der Waals surface area contributed by atoms with Crippen molar-refractivity contribution in [3.05, 3.63) is 29.8 Å². The quantitative estimate of drug-likeness (QED) is 0.704. The van der Waals surface area contributed by atoms with Gasteiger partial charge in [-0.1, -0.05) is 6.07 Å². The topological polar surface area (TPSA) is 60.1 Å². The third-order valence-corrected chi connectivity index (χ3v) is 3.03. The minimum atomic E-state index is 0.270. The summed E-state index contributed by atoms with van der Waals surface area (Å²) in [7, 11) is 2.01. The first kappa shape index (κ1) is 15.0. The van der Waals surface area contributed by atoms with Crippen LogP contribution in [0.5, 0.6) is 5.75 Å². The zero-order valence-electron chi connectivity index (χ0n) is 11.5. The highest BCUT2D eigenvalue weighted by Crippen LogP contribution is 2.12. The number of ether oxygens (including phenoxy) is 1. The third-order valence-electron chi connectivity index (χ3n) is 3.03. The summed E-state index contributed by atoms with van der Waals surface area (Å²) in [5.41, 5.74) is 0.609. The van der Waals surface area contributed by atoms with Crippen molar-refractivity contribution in [2.75, 3.05) is 20.2 Å². The molecule has 0 bridgehead atoms. The minimum Gasteiger partial charge on any atom is -0.494 e. The first-order valence-corrected chi connectivity index (χ1v) is 6.37. The van der Waals surface area contributed by atoms with Crippen molar-refractivity contribution in [1.82, 2.24) is 4.90 Å². The van der Waals surface area contributed by atoms with Gasteiger partial charge in [0.15, 0.2) is 0 Å². The molecule has 19 heavy (non-hydrogen) atoms. The Morgan fingerprint density at radius 3 is 2.84 bits per heavy atom. The molecule has 0 saturated carbocycles. The van der Waals surface area contributed by atoms with Crippen LogP contribution < -0.4 is 4.74 Å². The molecule has 0 aliphatic rings. The zero-order chi connectivity index (χ0) is 14.1. The molecule has 0 heterocycles. The van der Waals surface area contributed by atoms with E-state index in [2.05, 4.69) is 17.0 Å². The fourth-order valence-electron chi connectivity index (χ4n) is 1.67. The summed E-state index contributed by atoms with van der Waals surface area (Å²) in [6.45, 7) is 3.54. The van der Waals surface area contributed by atoms with Gasteiger partial charge in [-0.05, 0) is 38.6 Å². The first-order chi connectivity index (χ1) is 9.17. The Bertz CT molecular complexity index is 473. The SMILES string of the molecule is CC(CC#N)N(C)CCCOc1cccc(C#N)c1. The molecule has 100 valence electrons. The highest BCUT2D eigenvalue weighted by atomic mass is 16.5. The molecule has 1 aromatic carbocycles. The predicted molar refractivity (Wildman–Crippen MR) is 73.6 cm³/mol. The molecule has 1 rings (SSSR count). The molecule has 0 aromatic heterocycles. The Labute approximate surface area is 114 Å². The average Bonchev–Trinajstić information content (AvgIpc) is 2.43. The van der Waals surface area contributed by atoms with E-state index in [0.29, 0.717) is 18.6 Å². The van der Waals surface area contributed by atoms with Gasteiger partial charge in [0.05, 0.1) is 30.7 Å². The van der Waals surface area contributed by atoms with Gasteiger partial charge in [-0.25, -0.2) is 0 Å². The Balaban J connectivity index is 2.27. The molecule has 1 unspecified atom stereocenters. The second-order valence-electron chi connectivity index (χ2n) is 4.53. The maximum Gasteiger partial charge on any atom is 0.120 e. The molecule has 1 atom stereocenters. The molecule has 0 spiro atoms. The molecule has 4 nitrogen and oxygen atoms in total. The monoisotopic (exact) mass is 257 g/mol. The molecule has 0 aliphatic heterocycles. The van der Waals surface area contributed by atoms with Crippen molar-refractivity contribution >= 4 is 0 Å². The number of nitrogens with zero attached hydrogens (tertiary/aromatic N) is 3. The summed E-state index contributed by atoms with van der Waals surface area (Å²) in [4.78, 5) is 2.15. The van der Waals surface area contributed by atoms with E-state index in [4.69, 9.17) is 15.3 Å². The van der Waals surface area contributed by atoms with E-state index in [1.807, 2.05) is 26.1 Å². The Kier molecular flexibility index (Phi) is 6.43. The van der Waals surface area contributed by atoms with Crippen molar-refractivity contribution in [2.24, 2.45) is 0 Å². The zero-order valence-corrected chi connectivity index (χ0v) is 11.5. The van der Waals surface area contributed by atoms with E-state index < -0.39 is 0 Å². The second-order valence-corrected chi connectivity index (χ2v) is 4.53. The average molecular weight is 257 g/mol. The summed E-state index contributed by atoms with van der Waals surface area (Å²) >= 11 is 0. The fourth-order valence-corrected chi connectivity index (χ4v) is 1.67. The smallest absolute Gasteiger partial charge is 0.120 e. The number of hydrogen-bond donors (Lipinski definition) is 0. The molecule has 0 aliphatic carbocycles. The maximum absolute atomic E-state index is 8.78. The molecule has 0 N–H and O–H groups in total. The Morgan fingerprint density at radius 2 is 2.16 bits per heavy atom. The van der Waals surface area contributed by atoms with Crippen LogP contribution in [0.25, 0.3) is 0 Å². The molecule has 0 amide bonds. The van der Waals surface area contributed by atoms with Gasteiger partial charge in [0.1, 0.15) is 5.75 Å². The van der Waals surface area contributed by atoms with Crippen LogP contribution in [0.4, 0.5) is 0 Å². The number of rotatable bonds is 7. The summed E-state index contributed by atoms with van der Waals surface area (Å²) in [6, 6.07) is 11.7. The summed E-state index contributed by atoms with van der Waals surface area (Å²) in [5, 5.41) is 17.4. The van der Waals surface area contributed by atoms with Crippen LogP contribution in [0.15, 0.2) is 24.3 Å². The lowest BCUT2D eigenvalue weighted by molar-refractivity contribution is 0.226. The molecule has 1 aromatic rings. The van der Waals surface area contributed by atoms with Gasteiger partial charge in [-0.3, -0.25) is 0 Å². The van der Waals surface area contributed by atoms with Gasteiger partial charge in [0.25, 0.3) is 0 Å². The number of benzene rings is 1. The van der Waals surface area contributed by atoms with Crippen LogP contribution >= 0.6 is 0 Å². The molecule has 0 fully saturated rings. The van der Waals surface area contributed by atoms with Gasteiger partial charge in [0, 0.05) is 12.6 Å². The van der Waals surface area contributed by atoms with E-state index in [0.717, 1.165) is 18.7 Å². The molecule has 0 radical (unpaired) electrons. The van der Waals surface area contributed by atoms with E-state index in [1.54, 1.807) is 12.1 Å². The Morgan fingerprint density at radius 1 is 1.37 bits per heavy atom. The van der Waals surface area contributed by atoms with Crippen LogP contribution in [0.1, 0.15) is 25.3 Å². The van der Waals surface area contributed by atoms with Crippen molar-refractivity contribution in [1.29, 1.82) is 10.5 Å². The first-order valence-electron chi connectivity index (χ1n) is 6.37. The maximum atomic E-state index is 8.78. The lowest BCUT2D eigenvalue weighted by Crippen LogP contribution is -2.30. The lowest BCUT2D eigenvalue weighted by atomic mass is 10.2. The van der Waals surface area contributed by atoms with Crippen LogP contribution in [0.3, 0.4) is 0 Å². The van der Waals surface area contributed by atoms with Gasteiger partial charge in [0.2, 0.25) is 0 Å². The van der Waals surface area contributed by atoms with Crippen molar-refractivity contribution in [3.63, 3.8) is 0 Å². The predicted octanol–water partition coefficient (Wildman–Crippen LogP) is 2.56. The van der Waals surface area contributed by atoms with E-state index in [9.17, 15) is 0 Å². The van der Waals surface area contributed by atoms with Crippen LogP contribution in [-0.4, -0.2) is 31.1 Å². The summed E-state index contributed by atoms with van der Waals surface area (Å²) in [6.07, 6.45) is 1.44. The van der Waals surface area contributed by atoms with Crippen LogP contribution in [0.2, 0.25) is 0 Å². The normalized spacial score (nSPS) is 11.6. The van der Waals surface area contributed by atoms with Crippen LogP contribution in [0, 0.1) is 22.7 Å². The molecular formula is C15H19N3O. The van der Waals surface area contributed by atoms with Gasteiger partial charge < -0.3 is 9.64 Å². The van der Waals surface area contributed by atoms with E-state index >= 15 is 0 Å². The molecule has 4 heteroatoms. The number of nitriles is 2. The van der Waals surface area contributed by atoms with Gasteiger partial charge >= 0.3 is 0 Å². The van der Waals surface area contributed by atoms with E-state index in [1.165, 1.54) is 0 Å². The molecular weight excluding hydrogens is 238 g/mol. The third kappa shape index (κ3) is 5.42.